The van der Waals surface area contributed by atoms with Crippen LogP contribution in [0.5, 0.6) is 0 Å². The van der Waals surface area contributed by atoms with Crippen LogP contribution in [0.25, 0.3) is 0 Å². The van der Waals surface area contributed by atoms with Crippen molar-refractivity contribution in [2.24, 2.45) is 5.92 Å². The van der Waals surface area contributed by atoms with Gasteiger partial charge in [-0.05, 0) is 32.6 Å². The minimum absolute atomic E-state index is 0.0793. The van der Waals surface area contributed by atoms with Crippen LogP contribution in [-0.2, 0) is 4.79 Å². The number of nitrogens with zero attached hydrogens (tertiary/aromatic N) is 1. The van der Waals surface area contributed by atoms with Gasteiger partial charge in [-0.1, -0.05) is 0 Å². The molecule has 0 aromatic heterocycles. The largest absolute Gasteiger partial charge is 0.326 e. The third-order valence-electron chi connectivity index (χ3n) is 2.88. The van der Waals surface area contributed by atoms with Crippen molar-refractivity contribution in [2.45, 2.75) is 38.8 Å². The zero-order valence-electron chi connectivity index (χ0n) is 7.91. The Morgan fingerprint density at radius 1 is 1.46 bits per heavy atom. The monoisotopic (exact) mass is 182 g/mol. The molecule has 3 amide bonds. The molecule has 0 radical (unpaired) electrons. The molecule has 1 aliphatic carbocycles. The molecule has 72 valence electrons. The number of amides is 3. The summed E-state index contributed by atoms with van der Waals surface area (Å²) in [5, 5.41) is 2.62. The molecular weight excluding hydrogens is 168 g/mol. The molecule has 0 aromatic carbocycles. The molecule has 1 aliphatic heterocycles. The number of hydrogen-bond donors (Lipinski definition) is 1. The number of carbonyl (C=O) groups is 2. The zero-order valence-corrected chi connectivity index (χ0v) is 7.91. The van der Waals surface area contributed by atoms with Gasteiger partial charge in [0.05, 0.1) is 0 Å². The fraction of sp³-hybridized carbons (Fsp3) is 0.778. The predicted octanol–water partition coefficient (Wildman–Crippen LogP) is 0.725. The Kier molecular flexibility index (Phi) is 1.78. The van der Waals surface area contributed by atoms with E-state index in [-0.39, 0.29) is 24.0 Å². The average molecular weight is 182 g/mol. The first kappa shape index (κ1) is 8.53. The lowest BCUT2D eigenvalue weighted by Gasteiger charge is -2.20. The third-order valence-corrected chi connectivity index (χ3v) is 2.88. The number of rotatable bonds is 2. The average Bonchev–Trinajstić information content (AvgIpc) is 2.82. The fourth-order valence-corrected chi connectivity index (χ4v) is 1.80. The number of carbonyl (C=O) groups excluding carboxylic acids is 2. The van der Waals surface area contributed by atoms with Crippen LogP contribution >= 0.6 is 0 Å². The highest BCUT2D eigenvalue weighted by molar-refractivity contribution is 6.04. The van der Waals surface area contributed by atoms with Gasteiger partial charge in [-0.25, -0.2) is 4.79 Å². The standard InChI is InChI=1S/C9H14N2O2/c1-5-8(12)11(9(13)10-5)6(2)7-3-4-7/h5-7H,3-4H2,1-2H3,(H,10,13). The lowest BCUT2D eigenvalue weighted by Crippen LogP contribution is -2.40. The highest BCUT2D eigenvalue weighted by Gasteiger charge is 2.43. The lowest BCUT2D eigenvalue weighted by atomic mass is 10.2. The van der Waals surface area contributed by atoms with Gasteiger partial charge in [0, 0.05) is 6.04 Å². The highest BCUT2D eigenvalue weighted by atomic mass is 16.2. The van der Waals surface area contributed by atoms with E-state index in [2.05, 4.69) is 5.32 Å². The van der Waals surface area contributed by atoms with Crippen molar-refractivity contribution in [3.05, 3.63) is 0 Å². The minimum atomic E-state index is -0.339. The second-order valence-electron chi connectivity index (χ2n) is 3.96. The minimum Gasteiger partial charge on any atom is -0.326 e. The fourth-order valence-electron chi connectivity index (χ4n) is 1.80. The van der Waals surface area contributed by atoms with E-state index in [9.17, 15) is 9.59 Å². The van der Waals surface area contributed by atoms with Crippen LogP contribution in [0.15, 0.2) is 0 Å². The quantitative estimate of drug-likeness (QED) is 0.640. The molecule has 0 aromatic rings. The number of urea groups is 1. The number of nitrogens with one attached hydrogen (secondary N) is 1. The third kappa shape index (κ3) is 1.30. The molecule has 2 unspecified atom stereocenters. The molecule has 2 rings (SSSR count). The van der Waals surface area contributed by atoms with Crippen LogP contribution in [-0.4, -0.2) is 28.9 Å². The van der Waals surface area contributed by atoms with E-state index in [0.29, 0.717) is 5.92 Å². The zero-order chi connectivity index (χ0) is 9.59. The Hall–Kier alpha value is -1.06. The van der Waals surface area contributed by atoms with Crippen molar-refractivity contribution in [1.82, 2.24) is 10.2 Å². The Morgan fingerprint density at radius 2 is 2.08 bits per heavy atom. The van der Waals surface area contributed by atoms with Crippen molar-refractivity contribution in [3.8, 4) is 0 Å². The second kappa shape index (κ2) is 2.72. The van der Waals surface area contributed by atoms with E-state index >= 15 is 0 Å². The molecule has 1 saturated carbocycles. The van der Waals surface area contributed by atoms with Crippen LogP contribution in [0.3, 0.4) is 0 Å². The maximum absolute atomic E-state index is 11.5. The smallest absolute Gasteiger partial charge is 0.325 e. The summed E-state index contributed by atoms with van der Waals surface area (Å²) < 4.78 is 0. The topological polar surface area (TPSA) is 49.4 Å². The molecule has 13 heavy (non-hydrogen) atoms. The van der Waals surface area contributed by atoms with Gasteiger partial charge in [-0.2, -0.15) is 0 Å². The first-order valence-corrected chi connectivity index (χ1v) is 4.75. The first-order chi connectivity index (χ1) is 6.11. The molecule has 2 fully saturated rings. The molecule has 0 bridgehead atoms. The van der Waals surface area contributed by atoms with Crippen molar-refractivity contribution < 1.29 is 9.59 Å². The summed E-state index contributed by atoms with van der Waals surface area (Å²) in [5.41, 5.74) is 0. The van der Waals surface area contributed by atoms with Crippen molar-refractivity contribution in [2.75, 3.05) is 0 Å². The van der Waals surface area contributed by atoms with Gasteiger partial charge >= 0.3 is 6.03 Å². The van der Waals surface area contributed by atoms with E-state index in [0.717, 1.165) is 12.8 Å². The summed E-state index contributed by atoms with van der Waals surface area (Å²) in [4.78, 5) is 24.3. The van der Waals surface area contributed by atoms with Gasteiger partial charge in [0.15, 0.2) is 0 Å². The molecule has 0 spiro atoms. The van der Waals surface area contributed by atoms with Crippen molar-refractivity contribution in [1.29, 1.82) is 0 Å². The Bertz CT molecular complexity index is 260. The van der Waals surface area contributed by atoms with Gasteiger partial charge in [0.25, 0.3) is 5.91 Å². The summed E-state index contributed by atoms with van der Waals surface area (Å²) in [6.45, 7) is 3.67. The molecular formula is C9H14N2O2. The predicted molar refractivity (Wildman–Crippen MR) is 47.0 cm³/mol. The Balaban J connectivity index is 2.12. The normalized spacial score (nSPS) is 30.6. The molecule has 1 N–H and O–H groups in total. The molecule has 2 aliphatic rings. The van der Waals surface area contributed by atoms with E-state index in [1.54, 1.807) is 6.92 Å². The molecule has 2 atom stereocenters. The number of imide groups is 1. The summed E-state index contributed by atoms with van der Waals surface area (Å²) in [6.07, 6.45) is 2.29. The van der Waals surface area contributed by atoms with Crippen LogP contribution in [0.4, 0.5) is 4.79 Å². The Morgan fingerprint density at radius 3 is 2.46 bits per heavy atom. The van der Waals surface area contributed by atoms with Gasteiger partial charge in [0.1, 0.15) is 6.04 Å². The summed E-state index contributed by atoms with van der Waals surface area (Å²) >= 11 is 0. The van der Waals surface area contributed by atoms with Crippen molar-refractivity contribution >= 4 is 11.9 Å². The summed E-state index contributed by atoms with van der Waals surface area (Å²) in [5.74, 6) is 0.462. The molecule has 4 heteroatoms. The summed E-state index contributed by atoms with van der Waals surface area (Å²) in [6, 6.07) is -0.483. The van der Waals surface area contributed by atoms with Gasteiger partial charge in [-0.3, -0.25) is 9.69 Å². The SMILES string of the molecule is CC1NC(=O)N(C(C)C2CC2)C1=O. The molecule has 4 nitrogen and oxygen atoms in total. The molecule has 1 saturated heterocycles. The summed E-state index contributed by atoms with van der Waals surface area (Å²) in [7, 11) is 0. The van der Waals surface area contributed by atoms with Gasteiger partial charge in [-0.15, -0.1) is 0 Å². The van der Waals surface area contributed by atoms with Gasteiger partial charge < -0.3 is 5.32 Å². The number of hydrogen-bond acceptors (Lipinski definition) is 2. The van der Waals surface area contributed by atoms with Crippen LogP contribution in [0.1, 0.15) is 26.7 Å². The Labute approximate surface area is 77.3 Å². The van der Waals surface area contributed by atoms with Crippen molar-refractivity contribution in [3.63, 3.8) is 0 Å². The second-order valence-corrected chi connectivity index (χ2v) is 3.96. The van der Waals surface area contributed by atoms with E-state index in [1.165, 1.54) is 4.90 Å². The van der Waals surface area contributed by atoms with E-state index < -0.39 is 0 Å². The highest BCUT2D eigenvalue weighted by Crippen LogP contribution is 2.36. The van der Waals surface area contributed by atoms with Crippen LogP contribution in [0, 0.1) is 5.92 Å². The van der Waals surface area contributed by atoms with E-state index in [4.69, 9.17) is 0 Å². The lowest BCUT2D eigenvalue weighted by molar-refractivity contribution is -0.128. The van der Waals surface area contributed by atoms with Crippen LogP contribution < -0.4 is 5.32 Å². The van der Waals surface area contributed by atoms with Crippen LogP contribution in [0.2, 0.25) is 0 Å². The van der Waals surface area contributed by atoms with E-state index in [1.807, 2.05) is 6.92 Å². The maximum atomic E-state index is 11.5. The van der Waals surface area contributed by atoms with Gasteiger partial charge in [0.2, 0.25) is 0 Å². The maximum Gasteiger partial charge on any atom is 0.325 e. The molecule has 1 heterocycles. The first-order valence-electron chi connectivity index (χ1n) is 4.75.